The van der Waals surface area contributed by atoms with Gasteiger partial charge in [0.2, 0.25) is 0 Å². The maximum absolute atomic E-state index is 5.96. The average molecular weight is 301 g/mol. The van der Waals surface area contributed by atoms with Gasteiger partial charge in [0.25, 0.3) is 0 Å². The summed E-state index contributed by atoms with van der Waals surface area (Å²) >= 11 is 13.1. The van der Waals surface area contributed by atoms with Crippen molar-refractivity contribution < 1.29 is 0 Å². The molecule has 0 atom stereocenters. The maximum atomic E-state index is 5.96. The number of anilines is 1. The predicted molar refractivity (Wildman–Crippen MR) is 85.9 cm³/mol. The van der Waals surface area contributed by atoms with Crippen LogP contribution in [-0.2, 0) is 0 Å². The van der Waals surface area contributed by atoms with Crippen LogP contribution >= 0.6 is 35.6 Å². The number of nitrogens with two attached hydrogens (primary N) is 1. The van der Waals surface area contributed by atoms with Gasteiger partial charge in [0.15, 0.2) is 0 Å². The van der Waals surface area contributed by atoms with Crippen LogP contribution in [0, 0.1) is 5.92 Å². The lowest BCUT2D eigenvalue weighted by molar-refractivity contribution is 0.516. The Morgan fingerprint density at radius 2 is 2.17 bits per heavy atom. The van der Waals surface area contributed by atoms with Crippen LogP contribution in [0.4, 0.5) is 5.69 Å². The van der Waals surface area contributed by atoms with E-state index in [4.69, 9.17) is 29.6 Å². The van der Waals surface area contributed by atoms with Crippen LogP contribution < -0.4 is 11.1 Å². The molecule has 3 N–H and O–H groups in total. The van der Waals surface area contributed by atoms with Gasteiger partial charge >= 0.3 is 0 Å². The smallest absolute Gasteiger partial charge is 0.106 e. The predicted octanol–water partition coefficient (Wildman–Crippen LogP) is 3.53. The zero-order valence-corrected chi connectivity index (χ0v) is 12.5. The zero-order chi connectivity index (χ0) is 13.0. The topological polar surface area (TPSA) is 38.0 Å². The number of thiocarbonyl (C=S) groups is 1. The highest BCUT2D eigenvalue weighted by atomic mass is 35.5. The van der Waals surface area contributed by atoms with Gasteiger partial charge in [-0.3, -0.25) is 0 Å². The molecule has 0 aromatic heterocycles. The third-order valence-electron chi connectivity index (χ3n) is 3.17. The van der Waals surface area contributed by atoms with Crippen LogP contribution in [0.5, 0.6) is 0 Å². The fraction of sp³-hybridized carbons (Fsp3) is 0.462. The highest BCUT2D eigenvalue weighted by molar-refractivity contribution is 7.99. The molecule has 0 amide bonds. The normalized spacial score (nSPS) is 16.5. The number of nitrogens with one attached hydrogen (secondary N) is 1. The fourth-order valence-electron chi connectivity index (χ4n) is 2.08. The van der Waals surface area contributed by atoms with E-state index in [1.807, 2.05) is 30.0 Å². The quantitative estimate of drug-likeness (QED) is 0.834. The Morgan fingerprint density at radius 1 is 1.44 bits per heavy atom. The van der Waals surface area contributed by atoms with Crippen LogP contribution in [0.2, 0.25) is 5.02 Å². The lowest BCUT2D eigenvalue weighted by atomic mass is 10.0. The first kappa shape index (κ1) is 14.0. The second-order valence-electron chi connectivity index (χ2n) is 4.49. The summed E-state index contributed by atoms with van der Waals surface area (Å²) in [5, 5.41) is 4.12. The Bertz CT molecular complexity index is 431. The third kappa shape index (κ3) is 3.77. The molecule has 0 unspecified atom stereocenters. The first-order valence-electron chi connectivity index (χ1n) is 6.08. The number of hydrogen-bond acceptors (Lipinski definition) is 3. The Labute approximate surface area is 123 Å². The van der Waals surface area contributed by atoms with Crippen molar-refractivity contribution in [2.24, 2.45) is 11.7 Å². The third-order valence-corrected chi connectivity index (χ3v) is 4.67. The zero-order valence-electron chi connectivity index (χ0n) is 10.1. The molecule has 18 heavy (non-hydrogen) atoms. The van der Waals surface area contributed by atoms with Gasteiger partial charge in [-0.05, 0) is 48.5 Å². The molecular weight excluding hydrogens is 284 g/mol. The molecule has 1 saturated heterocycles. The Morgan fingerprint density at radius 3 is 2.83 bits per heavy atom. The van der Waals surface area contributed by atoms with Crippen molar-refractivity contribution in [1.29, 1.82) is 0 Å². The van der Waals surface area contributed by atoms with E-state index in [1.165, 1.54) is 24.3 Å². The van der Waals surface area contributed by atoms with Crippen molar-refractivity contribution in [3.05, 3.63) is 28.8 Å². The molecule has 5 heteroatoms. The van der Waals surface area contributed by atoms with Crippen LogP contribution in [-0.4, -0.2) is 23.0 Å². The SMILES string of the molecule is NC(=S)c1cc(Cl)ccc1NCC1CCSCC1. The number of halogens is 1. The summed E-state index contributed by atoms with van der Waals surface area (Å²) in [6.07, 6.45) is 2.57. The maximum Gasteiger partial charge on any atom is 0.106 e. The van der Waals surface area contributed by atoms with Crippen LogP contribution in [0.3, 0.4) is 0 Å². The largest absolute Gasteiger partial charge is 0.389 e. The van der Waals surface area contributed by atoms with E-state index in [0.29, 0.717) is 10.0 Å². The second kappa shape index (κ2) is 6.64. The highest BCUT2D eigenvalue weighted by Crippen LogP contribution is 2.25. The minimum Gasteiger partial charge on any atom is -0.389 e. The Hall–Kier alpha value is -0.450. The lowest BCUT2D eigenvalue weighted by Crippen LogP contribution is -2.21. The molecule has 1 fully saturated rings. The van der Waals surface area contributed by atoms with E-state index in [0.717, 1.165) is 23.7 Å². The summed E-state index contributed by atoms with van der Waals surface area (Å²) < 4.78 is 0. The van der Waals surface area contributed by atoms with Gasteiger partial charge in [-0.2, -0.15) is 11.8 Å². The van der Waals surface area contributed by atoms with E-state index in [9.17, 15) is 0 Å². The molecule has 1 aromatic rings. The van der Waals surface area contributed by atoms with Gasteiger partial charge in [-0.1, -0.05) is 23.8 Å². The van der Waals surface area contributed by atoms with Gasteiger partial charge < -0.3 is 11.1 Å². The van der Waals surface area contributed by atoms with E-state index in [1.54, 1.807) is 0 Å². The lowest BCUT2D eigenvalue weighted by Gasteiger charge is -2.22. The summed E-state index contributed by atoms with van der Waals surface area (Å²) in [7, 11) is 0. The van der Waals surface area contributed by atoms with Gasteiger partial charge in [0, 0.05) is 22.8 Å². The molecule has 0 saturated carbocycles. The van der Waals surface area contributed by atoms with Crippen LogP contribution in [0.15, 0.2) is 18.2 Å². The first-order valence-corrected chi connectivity index (χ1v) is 8.02. The fourth-order valence-corrected chi connectivity index (χ4v) is 3.62. The van der Waals surface area contributed by atoms with Gasteiger partial charge in [0.05, 0.1) is 0 Å². The Balaban J connectivity index is 2.01. The van der Waals surface area contributed by atoms with E-state index in [-0.39, 0.29) is 0 Å². The molecule has 98 valence electrons. The van der Waals surface area contributed by atoms with Crippen molar-refractivity contribution in [3.63, 3.8) is 0 Å². The molecule has 0 aliphatic carbocycles. The summed E-state index contributed by atoms with van der Waals surface area (Å²) in [6.45, 7) is 0.984. The molecule has 1 aliphatic heterocycles. The molecular formula is C13H17ClN2S2. The summed E-state index contributed by atoms with van der Waals surface area (Å²) in [4.78, 5) is 0.388. The number of thioether (sulfide) groups is 1. The van der Waals surface area contributed by atoms with E-state index >= 15 is 0 Å². The van der Waals surface area contributed by atoms with Gasteiger partial charge in [0.1, 0.15) is 4.99 Å². The van der Waals surface area contributed by atoms with Crippen LogP contribution in [0.25, 0.3) is 0 Å². The standard InChI is InChI=1S/C13H17ClN2S2/c14-10-1-2-12(11(7-10)13(15)17)16-8-9-3-5-18-6-4-9/h1-2,7,9,16H,3-6,8H2,(H2,15,17). The van der Waals surface area contributed by atoms with Crippen molar-refractivity contribution >= 4 is 46.3 Å². The van der Waals surface area contributed by atoms with Crippen molar-refractivity contribution in [1.82, 2.24) is 0 Å². The molecule has 2 nitrogen and oxygen atoms in total. The first-order chi connectivity index (χ1) is 8.66. The molecule has 1 aliphatic rings. The molecule has 0 spiro atoms. The molecule has 0 bridgehead atoms. The van der Waals surface area contributed by atoms with Gasteiger partial charge in [-0.25, -0.2) is 0 Å². The minimum atomic E-state index is 0.388. The minimum absolute atomic E-state index is 0.388. The molecule has 1 aromatic carbocycles. The number of benzene rings is 1. The van der Waals surface area contributed by atoms with Crippen molar-refractivity contribution in [2.75, 3.05) is 23.4 Å². The van der Waals surface area contributed by atoms with Crippen molar-refractivity contribution in [2.45, 2.75) is 12.8 Å². The summed E-state index contributed by atoms with van der Waals surface area (Å²) in [5.74, 6) is 3.30. The number of hydrogen-bond donors (Lipinski definition) is 2. The summed E-state index contributed by atoms with van der Waals surface area (Å²) in [5.41, 5.74) is 7.55. The monoisotopic (exact) mass is 300 g/mol. The molecule has 1 heterocycles. The highest BCUT2D eigenvalue weighted by Gasteiger charge is 2.14. The molecule has 0 radical (unpaired) electrons. The van der Waals surface area contributed by atoms with E-state index in [2.05, 4.69) is 5.32 Å². The number of rotatable bonds is 4. The summed E-state index contributed by atoms with van der Waals surface area (Å²) in [6, 6.07) is 5.64. The molecule has 2 rings (SSSR count). The van der Waals surface area contributed by atoms with E-state index < -0.39 is 0 Å². The second-order valence-corrected chi connectivity index (χ2v) is 6.59. The Kier molecular flexibility index (Phi) is 5.15. The van der Waals surface area contributed by atoms with Crippen molar-refractivity contribution in [3.8, 4) is 0 Å². The van der Waals surface area contributed by atoms with Crippen LogP contribution in [0.1, 0.15) is 18.4 Å². The average Bonchev–Trinajstić information content (AvgIpc) is 2.38. The van der Waals surface area contributed by atoms with Gasteiger partial charge in [-0.15, -0.1) is 0 Å².